The highest BCUT2D eigenvalue weighted by molar-refractivity contribution is 5.94. The third kappa shape index (κ3) is 3.70. The van der Waals surface area contributed by atoms with Crippen LogP contribution in [0.25, 0.3) is 5.69 Å². The third-order valence-electron chi connectivity index (χ3n) is 5.74. The second-order valence-corrected chi connectivity index (χ2v) is 9.49. The van der Waals surface area contributed by atoms with Crippen molar-refractivity contribution in [1.29, 1.82) is 0 Å². The van der Waals surface area contributed by atoms with Crippen molar-refractivity contribution in [2.75, 3.05) is 0 Å². The molecule has 6 heteroatoms. The summed E-state index contributed by atoms with van der Waals surface area (Å²) >= 11 is 0. The summed E-state index contributed by atoms with van der Waals surface area (Å²) < 4.78 is 15.1. The average molecular weight is 384 g/mol. The van der Waals surface area contributed by atoms with E-state index in [-0.39, 0.29) is 28.8 Å². The predicted octanol–water partition coefficient (Wildman–Crippen LogP) is 3.54. The van der Waals surface area contributed by atoms with Crippen molar-refractivity contribution >= 4 is 5.91 Å². The van der Waals surface area contributed by atoms with Gasteiger partial charge in [-0.3, -0.25) is 4.79 Å². The maximum absolute atomic E-state index is 13.3. The van der Waals surface area contributed by atoms with E-state index < -0.39 is 0 Å². The molecule has 1 aliphatic heterocycles. The lowest BCUT2D eigenvalue weighted by atomic mass is 9.79. The number of hydrogen-bond acceptors (Lipinski definition) is 3. The zero-order valence-electron chi connectivity index (χ0n) is 17.1. The van der Waals surface area contributed by atoms with Crippen molar-refractivity contribution in [3.8, 4) is 5.69 Å². The van der Waals surface area contributed by atoms with Crippen LogP contribution in [0.5, 0.6) is 0 Å². The fraction of sp³-hybridized carbons (Fsp3) is 0.545. The highest BCUT2D eigenvalue weighted by atomic mass is 19.1. The maximum Gasteiger partial charge on any atom is 0.272 e. The predicted molar refractivity (Wildman–Crippen MR) is 107 cm³/mol. The van der Waals surface area contributed by atoms with Gasteiger partial charge in [0.2, 0.25) is 0 Å². The fourth-order valence-corrected chi connectivity index (χ4v) is 5.09. The molecule has 1 fully saturated rings. The normalized spacial score (nSPS) is 20.8. The van der Waals surface area contributed by atoms with Crippen LogP contribution >= 0.6 is 0 Å². The number of piperidine rings is 1. The van der Waals surface area contributed by atoms with Gasteiger partial charge in [0, 0.05) is 28.4 Å². The number of fused-ring (bicyclic) bond motifs is 1. The Bertz CT molecular complexity index is 882. The molecule has 0 atom stereocenters. The molecule has 5 nitrogen and oxygen atoms in total. The van der Waals surface area contributed by atoms with Gasteiger partial charge in [0.25, 0.3) is 5.91 Å². The average Bonchev–Trinajstić information content (AvgIpc) is 3.14. The Morgan fingerprint density at radius 3 is 2.43 bits per heavy atom. The molecular weight excluding hydrogens is 355 g/mol. The van der Waals surface area contributed by atoms with E-state index in [1.165, 1.54) is 12.1 Å². The number of amides is 1. The molecule has 1 saturated heterocycles. The van der Waals surface area contributed by atoms with Gasteiger partial charge >= 0.3 is 0 Å². The summed E-state index contributed by atoms with van der Waals surface area (Å²) in [7, 11) is 0. The van der Waals surface area contributed by atoms with Crippen molar-refractivity contribution in [3.63, 3.8) is 0 Å². The van der Waals surface area contributed by atoms with Gasteiger partial charge in [-0.2, -0.15) is 5.10 Å². The van der Waals surface area contributed by atoms with Crippen LogP contribution in [0, 0.1) is 5.82 Å². The molecule has 0 saturated carbocycles. The molecule has 0 radical (unpaired) electrons. The van der Waals surface area contributed by atoms with E-state index in [9.17, 15) is 9.18 Å². The van der Waals surface area contributed by atoms with Crippen molar-refractivity contribution < 1.29 is 9.18 Å². The summed E-state index contributed by atoms with van der Waals surface area (Å²) in [6, 6.07) is 6.38. The molecule has 2 aliphatic rings. The molecule has 1 amide bonds. The fourth-order valence-electron chi connectivity index (χ4n) is 5.09. The third-order valence-corrected chi connectivity index (χ3v) is 5.74. The first-order valence-electron chi connectivity index (χ1n) is 10.1. The first-order valence-corrected chi connectivity index (χ1v) is 10.1. The summed E-state index contributed by atoms with van der Waals surface area (Å²) in [6.07, 6.45) is 4.52. The van der Waals surface area contributed by atoms with E-state index >= 15 is 0 Å². The molecule has 2 heterocycles. The van der Waals surface area contributed by atoms with Gasteiger partial charge < -0.3 is 10.6 Å². The van der Waals surface area contributed by atoms with Gasteiger partial charge in [-0.15, -0.1) is 0 Å². The SMILES string of the molecule is CC1(C)CC(NC(=O)c2nn(-c3ccc(F)cc3)c3c2CCC3)CC(C)(C)N1. The monoisotopic (exact) mass is 384 g/mol. The number of carbonyl (C=O) groups excluding carboxylic acids is 1. The minimum Gasteiger partial charge on any atom is -0.348 e. The first kappa shape index (κ1) is 19.1. The van der Waals surface area contributed by atoms with Crippen molar-refractivity contribution in [1.82, 2.24) is 20.4 Å². The van der Waals surface area contributed by atoms with Gasteiger partial charge in [0.1, 0.15) is 5.82 Å². The number of aromatic nitrogens is 2. The second-order valence-electron chi connectivity index (χ2n) is 9.49. The van der Waals surface area contributed by atoms with Gasteiger partial charge in [-0.1, -0.05) is 0 Å². The Balaban J connectivity index is 1.60. The van der Waals surface area contributed by atoms with Gasteiger partial charge in [-0.25, -0.2) is 9.07 Å². The Morgan fingerprint density at radius 1 is 1.14 bits per heavy atom. The van der Waals surface area contributed by atoms with Crippen LogP contribution in [0.15, 0.2) is 24.3 Å². The van der Waals surface area contributed by atoms with E-state index in [2.05, 4.69) is 43.4 Å². The molecule has 28 heavy (non-hydrogen) atoms. The summed E-state index contributed by atoms with van der Waals surface area (Å²) in [6.45, 7) is 8.70. The minimum absolute atomic E-state index is 0.0326. The molecule has 0 bridgehead atoms. The van der Waals surface area contributed by atoms with Crippen LogP contribution in [-0.4, -0.2) is 32.8 Å². The highest BCUT2D eigenvalue weighted by Crippen LogP contribution is 2.30. The smallest absolute Gasteiger partial charge is 0.272 e. The van der Waals surface area contributed by atoms with Crippen molar-refractivity contribution in [2.45, 2.75) is 76.9 Å². The maximum atomic E-state index is 13.3. The van der Waals surface area contributed by atoms with Gasteiger partial charge in [0.05, 0.1) is 5.69 Å². The summed E-state index contributed by atoms with van der Waals surface area (Å²) in [5, 5.41) is 11.5. The van der Waals surface area contributed by atoms with Crippen LogP contribution in [0.4, 0.5) is 4.39 Å². The zero-order valence-corrected chi connectivity index (χ0v) is 17.1. The molecule has 1 aromatic carbocycles. The van der Waals surface area contributed by atoms with Crippen LogP contribution in [0.3, 0.4) is 0 Å². The van der Waals surface area contributed by atoms with Crippen LogP contribution in [-0.2, 0) is 12.8 Å². The molecule has 150 valence electrons. The number of rotatable bonds is 3. The lowest BCUT2D eigenvalue weighted by Crippen LogP contribution is -2.62. The highest BCUT2D eigenvalue weighted by Gasteiger charge is 2.39. The van der Waals surface area contributed by atoms with Crippen LogP contribution in [0.2, 0.25) is 0 Å². The van der Waals surface area contributed by atoms with Gasteiger partial charge in [0.15, 0.2) is 5.69 Å². The largest absolute Gasteiger partial charge is 0.348 e. The molecule has 0 spiro atoms. The first-order chi connectivity index (χ1) is 13.1. The zero-order chi connectivity index (χ0) is 20.1. The summed E-state index contributed by atoms with van der Waals surface area (Å²) in [4.78, 5) is 13.1. The molecular formula is C22H29FN4O. The Kier molecular flexibility index (Phi) is 4.57. The van der Waals surface area contributed by atoms with E-state index in [0.29, 0.717) is 5.69 Å². The van der Waals surface area contributed by atoms with Crippen LogP contribution in [0.1, 0.15) is 68.7 Å². The lowest BCUT2D eigenvalue weighted by molar-refractivity contribution is 0.0867. The number of nitrogens with zero attached hydrogens (tertiary/aromatic N) is 2. The Labute approximate surface area is 165 Å². The van der Waals surface area contributed by atoms with Crippen LogP contribution < -0.4 is 10.6 Å². The van der Waals surface area contributed by atoms with E-state index in [1.54, 1.807) is 12.1 Å². The van der Waals surface area contributed by atoms with Gasteiger partial charge in [-0.05, 0) is 84.1 Å². The van der Waals surface area contributed by atoms with E-state index in [1.807, 2.05) is 4.68 Å². The lowest BCUT2D eigenvalue weighted by Gasteiger charge is -2.46. The number of halogens is 1. The Hall–Kier alpha value is -2.21. The number of nitrogens with one attached hydrogen (secondary N) is 2. The van der Waals surface area contributed by atoms with E-state index in [0.717, 1.165) is 49.0 Å². The molecule has 0 unspecified atom stereocenters. The number of carbonyl (C=O) groups is 1. The molecule has 1 aromatic heterocycles. The molecule has 2 N–H and O–H groups in total. The number of hydrogen-bond donors (Lipinski definition) is 2. The topological polar surface area (TPSA) is 59.0 Å². The minimum atomic E-state index is -0.276. The van der Waals surface area contributed by atoms with Crippen molar-refractivity contribution in [2.24, 2.45) is 0 Å². The number of benzene rings is 1. The van der Waals surface area contributed by atoms with E-state index in [4.69, 9.17) is 0 Å². The quantitative estimate of drug-likeness (QED) is 0.851. The summed E-state index contributed by atoms with van der Waals surface area (Å²) in [5.41, 5.74) is 3.36. The standard InChI is InChI=1S/C22H29FN4O/c1-21(2)12-15(13-22(3,4)26-21)24-20(28)19-17-6-5-7-18(17)27(25-19)16-10-8-14(23)9-11-16/h8-11,15,26H,5-7,12-13H2,1-4H3,(H,24,28). The molecule has 2 aromatic rings. The molecule has 1 aliphatic carbocycles. The molecule has 4 rings (SSSR count). The Morgan fingerprint density at radius 2 is 1.79 bits per heavy atom. The second kappa shape index (κ2) is 6.69. The van der Waals surface area contributed by atoms with Crippen molar-refractivity contribution in [3.05, 3.63) is 47.0 Å². The summed E-state index contributed by atoms with van der Waals surface area (Å²) in [5.74, 6) is -0.376.